The predicted octanol–water partition coefficient (Wildman–Crippen LogP) is 3.86. The van der Waals surface area contributed by atoms with Crippen molar-refractivity contribution in [1.29, 1.82) is 0 Å². The van der Waals surface area contributed by atoms with E-state index in [0.29, 0.717) is 11.3 Å². The van der Waals surface area contributed by atoms with Crippen molar-refractivity contribution in [3.63, 3.8) is 0 Å². The van der Waals surface area contributed by atoms with Crippen molar-refractivity contribution in [2.45, 2.75) is 11.4 Å². The molecule has 0 atom stereocenters. The quantitative estimate of drug-likeness (QED) is 0.686. The van der Waals surface area contributed by atoms with Crippen LogP contribution in [-0.4, -0.2) is 8.42 Å². The molecule has 0 aliphatic rings. The van der Waals surface area contributed by atoms with Gasteiger partial charge in [0.2, 0.25) is 0 Å². The summed E-state index contributed by atoms with van der Waals surface area (Å²) >= 11 is 14.1. The second kappa shape index (κ2) is 6.70. The highest BCUT2D eigenvalue weighted by Crippen LogP contribution is 2.30. The molecular weight excluding hydrogens is 446 g/mol. The van der Waals surface area contributed by atoms with Crippen LogP contribution in [0.5, 0.6) is 0 Å². The summed E-state index contributed by atoms with van der Waals surface area (Å²) in [6, 6.07) is 9.83. The van der Waals surface area contributed by atoms with Gasteiger partial charge in [-0.1, -0.05) is 29.3 Å². The molecule has 2 aromatic rings. The van der Waals surface area contributed by atoms with Crippen LogP contribution in [0.4, 0.5) is 5.69 Å². The lowest BCUT2D eigenvalue weighted by molar-refractivity contribution is 0.601. The van der Waals surface area contributed by atoms with Crippen molar-refractivity contribution in [3.8, 4) is 0 Å². The molecule has 0 unspecified atom stereocenters. The third-order valence-corrected chi connectivity index (χ3v) is 5.52. The van der Waals surface area contributed by atoms with Gasteiger partial charge in [-0.15, -0.1) is 0 Å². The Hall–Kier alpha value is -0.540. The third kappa shape index (κ3) is 4.01. The zero-order chi connectivity index (χ0) is 15.6. The van der Waals surface area contributed by atoms with Crippen LogP contribution in [0.15, 0.2) is 41.3 Å². The first-order valence-electron chi connectivity index (χ1n) is 5.80. The zero-order valence-electron chi connectivity index (χ0n) is 10.6. The summed E-state index contributed by atoms with van der Waals surface area (Å²) in [6.45, 7) is 0.102. The maximum atomic E-state index is 12.5. The molecule has 0 fully saturated rings. The zero-order valence-corrected chi connectivity index (χ0v) is 15.1. The van der Waals surface area contributed by atoms with E-state index in [9.17, 15) is 8.42 Å². The molecule has 4 nitrogen and oxygen atoms in total. The van der Waals surface area contributed by atoms with Crippen LogP contribution in [0, 0.1) is 3.57 Å². The fourth-order valence-corrected chi connectivity index (χ4v) is 4.26. The minimum absolute atomic E-state index is 0.0834. The van der Waals surface area contributed by atoms with E-state index in [1.165, 1.54) is 6.07 Å². The molecule has 0 aromatic heterocycles. The highest BCUT2D eigenvalue weighted by molar-refractivity contribution is 14.1. The molecule has 0 saturated carbocycles. The van der Waals surface area contributed by atoms with Crippen LogP contribution < -0.4 is 10.5 Å². The Kier molecular flexibility index (Phi) is 5.37. The van der Waals surface area contributed by atoms with E-state index in [1.54, 1.807) is 24.3 Å². The fraction of sp³-hybridized carbons (Fsp3) is 0.0769. The Balaban J connectivity index is 2.47. The lowest BCUT2D eigenvalue weighted by atomic mass is 10.2. The molecule has 2 rings (SSSR count). The van der Waals surface area contributed by atoms with E-state index in [-0.39, 0.29) is 21.5 Å². The third-order valence-electron chi connectivity index (χ3n) is 2.67. The van der Waals surface area contributed by atoms with E-state index in [0.717, 1.165) is 3.57 Å². The van der Waals surface area contributed by atoms with Crippen LogP contribution in [0.1, 0.15) is 5.56 Å². The van der Waals surface area contributed by atoms with Gasteiger partial charge in [-0.3, -0.25) is 4.72 Å². The molecule has 0 saturated heterocycles. The monoisotopic (exact) mass is 456 g/mol. The Bertz CT molecular complexity index is 782. The van der Waals surface area contributed by atoms with Crippen LogP contribution in [0.3, 0.4) is 0 Å². The topological polar surface area (TPSA) is 72.2 Å². The van der Waals surface area contributed by atoms with Gasteiger partial charge in [0.05, 0.1) is 5.02 Å². The molecule has 0 aliphatic heterocycles. The number of hydrogen-bond acceptors (Lipinski definition) is 3. The molecule has 0 heterocycles. The number of nitrogens with two attached hydrogens (primary N) is 1. The summed E-state index contributed by atoms with van der Waals surface area (Å²) in [5.41, 5.74) is 6.47. The maximum absolute atomic E-state index is 12.5. The smallest absolute Gasteiger partial charge is 0.263 e. The minimum atomic E-state index is -3.84. The second-order valence-electron chi connectivity index (χ2n) is 4.20. The molecule has 3 N–H and O–H groups in total. The molecule has 0 radical (unpaired) electrons. The number of anilines is 1. The van der Waals surface area contributed by atoms with E-state index in [4.69, 9.17) is 28.9 Å². The number of benzene rings is 2. The van der Waals surface area contributed by atoms with Gasteiger partial charge >= 0.3 is 0 Å². The Morgan fingerprint density at radius 1 is 1.19 bits per heavy atom. The fourth-order valence-electron chi connectivity index (χ4n) is 1.72. The molecule has 0 aliphatic carbocycles. The SMILES string of the molecule is NCc1cc(Cl)cc(S(=O)(=O)Nc2cccc(I)c2)c1Cl. The number of sulfonamides is 1. The molecular formula is C13H11Cl2IN2O2S. The van der Waals surface area contributed by atoms with Crippen molar-refractivity contribution >= 4 is 61.5 Å². The summed E-state index contributed by atoms with van der Waals surface area (Å²) in [5.74, 6) is 0. The lowest BCUT2D eigenvalue weighted by Gasteiger charge is -2.12. The van der Waals surface area contributed by atoms with Crippen LogP contribution in [0.2, 0.25) is 10.0 Å². The van der Waals surface area contributed by atoms with Crippen molar-refractivity contribution in [2.24, 2.45) is 5.73 Å². The molecule has 8 heteroatoms. The standard InChI is InChI=1S/C13H11Cl2IN2O2S/c14-9-4-8(7-17)13(15)12(5-9)21(19,20)18-11-3-1-2-10(16)6-11/h1-6,18H,7,17H2. The molecule has 21 heavy (non-hydrogen) atoms. The number of halogens is 3. The average molecular weight is 457 g/mol. The van der Waals surface area contributed by atoms with Gasteiger partial charge in [0.15, 0.2) is 0 Å². The second-order valence-corrected chi connectivity index (χ2v) is 7.91. The number of nitrogens with one attached hydrogen (secondary N) is 1. The molecule has 2 aromatic carbocycles. The maximum Gasteiger partial charge on any atom is 0.263 e. The highest BCUT2D eigenvalue weighted by atomic mass is 127. The molecule has 112 valence electrons. The van der Waals surface area contributed by atoms with Crippen molar-refractivity contribution < 1.29 is 8.42 Å². The van der Waals surface area contributed by atoms with Crippen molar-refractivity contribution in [1.82, 2.24) is 0 Å². The Labute approximate surface area is 146 Å². The summed E-state index contributed by atoms with van der Waals surface area (Å²) < 4.78 is 28.3. The van der Waals surface area contributed by atoms with Gasteiger partial charge in [-0.05, 0) is 58.5 Å². The lowest BCUT2D eigenvalue weighted by Crippen LogP contribution is -2.14. The average Bonchev–Trinajstić information content (AvgIpc) is 2.40. The first-order valence-corrected chi connectivity index (χ1v) is 9.11. The van der Waals surface area contributed by atoms with E-state index in [2.05, 4.69) is 27.3 Å². The Morgan fingerprint density at radius 3 is 2.52 bits per heavy atom. The minimum Gasteiger partial charge on any atom is -0.326 e. The van der Waals surface area contributed by atoms with Crippen LogP contribution in [-0.2, 0) is 16.6 Å². The largest absolute Gasteiger partial charge is 0.326 e. The van der Waals surface area contributed by atoms with Gasteiger partial charge in [-0.2, -0.15) is 0 Å². The van der Waals surface area contributed by atoms with Crippen molar-refractivity contribution in [3.05, 3.63) is 55.6 Å². The summed E-state index contributed by atoms with van der Waals surface area (Å²) in [4.78, 5) is -0.0871. The highest BCUT2D eigenvalue weighted by Gasteiger charge is 2.21. The van der Waals surface area contributed by atoms with Gasteiger partial charge in [0, 0.05) is 20.8 Å². The molecule has 0 amide bonds. The van der Waals surface area contributed by atoms with Crippen molar-refractivity contribution in [2.75, 3.05) is 4.72 Å². The Morgan fingerprint density at radius 2 is 1.90 bits per heavy atom. The van der Waals surface area contributed by atoms with Gasteiger partial charge in [0.1, 0.15) is 4.90 Å². The van der Waals surface area contributed by atoms with Gasteiger partial charge < -0.3 is 5.73 Å². The van der Waals surface area contributed by atoms with Gasteiger partial charge in [-0.25, -0.2) is 8.42 Å². The molecule has 0 spiro atoms. The first-order chi connectivity index (χ1) is 9.83. The van der Waals surface area contributed by atoms with Crippen LogP contribution in [0.25, 0.3) is 0 Å². The summed E-state index contributed by atoms with van der Waals surface area (Å²) in [6.07, 6.45) is 0. The van der Waals surface area contributed by atoms with E-state index >= 15 is 0 Å². The predicted molar refractivity (Wildman–Crippen MR) is 94.3 cm³/mol. The summed E-state index contributed by atoms with van der Waals surface area (Å²) in [7, 11) is -3.84. The van der Waals surface area contributed by atoms with E-state index in [1.807, 2.05) is 6.07 Å². The number of hydrogen-bond donors (Lipinski definition) is 2. The normalized spacial score (nSPS) is 11.4. The summed E-state index contributed by atoms with van der Waals surface area (Å²) in [5, 5.41) is 0.350. The van der Waals surface area contributed by atoms with Crippen LogP contribution >= 0.6 is 45.8 Å². The molecule has 0 bridgehead atoms. The first kappa shape index (κ1) is 16.8. The number of rotatable bonds is 4. The van der Waals surface area contributed by atoms with Gasteiger partial charge in [0.25, 0.3) is 10.0 Å². The van der Waals surface area contributed by atoms with E-state index < -0.39 is 10.0 Å².